The number of anilines is 1. The second-order valence-electron chi connectivity index (χ2n) is 8.44. The third-order valence-corrected chi connectivity index (χ3v) is 6.18. The molecule has 2 aliphatic rings. The highest BCUT2D eigenvalue weighted by Crippen LogP contribution is 2.22. The summed E-state index contributed by atoms with van der Waals surface area (Å²) < 4.78 is 5.40. The molecule has 0 atom stereocenters. The third-order valence-electron chi connectivity index (χ3n) is 6.18. The van der Waals surface area contributed by atoms with Crippen LogP contribution in [0.4, 0.5) is 5.69 Å². The maximum absolute atomic E-state index is 12.9. The quantitative estimate of drug-likeness (QED) is 0.584. The number of carbonyl (C=O) groups excluding carboxylic acids is 2. The molecule has 3 heterocycles. The largest absolute Gasteiger partial charge is 0.368 e. The normalized spacial score (nSPS) is 16.6. The Labute approximate surface area is 197 Å². The fourth-order valence-electron chi connectivity index (χ4n) is 4.27. The Morgan fingerprint density at radius 3 is 2.47 bits per heavy atom. The van der Waals surface area contributed by atoms with Gasteiger partial charge in [0.25, 0.3) is 5.89 Å². The minimum Gasteiger partial charge on any atom is -0.368 e. The van der Waals surface area contributed by atoms with Crippen LogP contribution in [0.25, 0.3) is 11.4 Å². The van der Waals surface area contributed by atoms with Crippen molar-refractivity contribution < 1.29 is 14.1 Å². The zero-order valence-corrected chi connectivity index (χ0v) is 19.1. The van der Waals surface area contributed by atoms with E-state index in [1.54, 1.807) is 4.90 Å². The van der Waals surface area contributed by atoms with Gasteiger partial charge in [0.2, 0.25) is 17.6 Å². The van der Waals surface area contributed by atoms with Gasteiger partial charge in [-0.15, -0.1) is 0 Å². The molecule has 0 bridgehead atoms. The number of piperazine rings is 1. The first-order valence-electron chi connectivity index (χ1n) is 11.4. The van der Waals surface area contributed by atoms with Gasteiger partial charge in [-0.05, 0) is 18.6 Å². The number of nitrogens with zero attached hydrogens (tertiary/aromatic N) is 6. The molecule has 0 unspecified atom stereocenters. The first-order chi connectivity index (χ1) is 16.6. The van der Waals surface area contributed by atoms with Crippen molar-refractivity contribution in [1.82, 2.24) is 20.0 Å². The van der Waals surface area contributed by atoms with Gasteiger partial charge in [-0.2, -0.15) is 10.1 Å². The molecule has 1 saturated heterocycles. The molecule has 2 aliphatic heterocycles. The fraction of sp³-hybridized carbons (Fsp3) is 0.320. The molecule has 0 radical (unpaired) electrons. The highest BCUT2D eigenvalue weighted by molar-refractivity contribution is 6.01. The highest BCUT2D eigenvalue weighted by Gasteiger charge is 2.29. The van der Waals surface area contributed by atoms with Crippen molar-refractivity contribution in [3.63, 3.8) is 0 Å². The van der Waals surface area contributed by atoms with E-state index in [0.29, 0.717) is 31.0 Å². The van der Waals surface area contributed by atoms with Crippen LogP contribution in [0.15, 0.2) is 64.2 Å². The highest BCUT2D eigenvalue weighted by atomic mass is 16.5. The molecule has 0 N–H and O–H groups in total. The summed E-state index contributed by atoms with van der Waals surface area (Å²) in [6.07, 6.45) is 0.644. The van der Waals surface area contributed by atoms with Gasteiger partial charge in [-0.25, -0.2) is 5.01 Å². The van der Waals surface area contributed by atoms with Crippen molar-refractivity contribution in [3.8, 4) is 11.4 Å². The van der Waals surface area contributed by atoms with Gasteiger partial charge >= 0.3 is 0 Å². The van der Waals surface area contributed by atoms with Crippen molar-refractivity contribution in [2.24, 2.45) is 5.10 Å². The number of hydrogen-bond donors (Lipinski definition) is 0. The number of hydrogen-bond acceptors (Lipinski definition) is 7. The van der Waals surface area contributed by atoms with Gasteiger partial charge in [-0.1, -0.05) is 53.7 Å². The molecule has 9 nitrogen and oxygen atoms in total. The van der Waals surface area contributed by atoms with E-state index >= 15 is 0 Å². The summed E-state index contributed by atoms with van der Waals surface area (Å²) in [4.78, 5) is 33.9. The van der Waals surface area contributed by atoms with E-state index in [0.717, 1.165) is 18.7 Å². The van der Waals surface area contributed by atoms with Crippen LogP contribution in [0.5, 0.6) is 0 Å². The first kappa shape index (κ1) is 21.8. The SMILES string of the molecule is Cc1ccccc1N1CCN(C(=O)CN2N=C(c3nc(-c4ccccc4)no3)CCC2=O)CC1. The summed E-state index contributed by atoms with van der Waals surface area (Å²) >= 11 is 0. The second-order valence-corrected chi connectivity index (χ2v) is 8.44. The summed E-state index contributed by atoms with van der Waals surface area (Å²) in [7, 11) is 0. The Morgan fingerprint density at radius 2 is 1.71 bits per heavy atom. The molecule has 0 aliphatic carbocycles. The zero-order valence-electron chi connectivity index (χ0n) is 19.1. The monoisotopic (exact) mass is 458 g/mol. The summed E-state index contributed by atoms with van der Waals surface area (Å²) in [6, 6.07) is 17.8. The molecule has 174 valence electrons. The van der Waals surface area contributed by atoms with Crippen molar-refractivity contribution >= 4 is 23.2 Å². The smallest absolute Gasteiger partial charge is 0.274 e. The van der Waals surface area contributed by atoms with Gasteiger partial charge in [0.1, 0.15) is 12.3 Å². The minimum absolute atomic E-state index is 0.0909. The van der Waals surface area contributed by atoms with E-state index in [9.17, 15) is 9.59 Å². The summed E-state index contributed by atoms with van der Waals surface area (Å²) in [5.41, 5.74) is 3.78. The second kappa shape index (κ2) is 9.46. The van der Waals surface area contributed by atoms with Crippen molar-refractivity contribution in [3.05, 3.63) is 66.1 Å². The summed E-state index contributed by atoms with van der Waals surface area (Å²) in [6.45, 7) is 4.72. The average Bonchev–Trinajstić information content (AvgIpc) is 3.37. The standard InChI is InChI=1S/C25H26N6O3/c1-18-7-5-6-10-21(18)29-13-15-30(16-14-29)23(33)17-31-22(32)12-11-20(27-31)25-26-24(28-34-25)19-8-3-2-4-9-19/h2-10H,11-17H2,1H3. The Bertz CT molecular complexity index is 1210. The molecule has 34 heavy (non-hydrogen) atoms. The van der Waals surface area contributed by atoms with Gasteiger partial charge < -0.3 is 14.3 Å². The van der Waals surface area contributed by atoms with E-state index in [-0.39, 0.29) is 30.7 Å². The third kappa shape index (κ3) is 4.54. The zero-order chi connectivity index (χ0) is 23.5. The van der Waals surface area contributed by atoms with Crippen LogP contribution in [-0.2, 0) is 9.59 Å². The number of para-hydroxylation sites is 1. The van der Waals surface area contributed by atoms with E-state index in [1.807, 2.05) is 42.5 Å². The van der Waals surface area contributed by atoms with E-state index in [1.165, 1.54) is 16.3 Å². The van der Waals surface area contributed by atoms with E-state index < -0.39 is 0 Å². The van der Waals surface area contributed by atoms with E-state index in [4.69, 9.17) is 4.52 Å². The summed E-state index contributed by atoms with van der Waals surface area (Å²) in [5.74, 6) is 0.441. The van der Waals surface area contributed by atoms with Gasteiger partial charge in [0.15, 0.2) is 0 Å². The molecule has 1 aromatic heterocycles. The number of carbonyl (C=O) groups is 2. The lowest BCUT2D eigenvalue weighted by atomic mass is 10.1. The number of aryl methyl sites for hydroxylation is 1. The van der Waals surface area contributed by atoms with Crippen LogP contribution in [-0.4, -0.2) is 70.3 Å². The minimum atomic E-state index is -0.182. The molecule has 0 saturated carbocycles. The van der Waals surface area contributed by atoms with E-state index in [2.05, 4.69) is 39.2 Å². The maximum atomic E-state index is 12.9. The maximum Gasteiger partial charge on any atom is 0.274 e. The molecule has 9 heteroatoms. The lowest BCUT2D eigenvalue weighted by Crippen LogP contribution is -2.51. The molecule has 0 spiro atoms. The lowest BCUT2D eigenvalue weighted by Gasteiger charge is -2.37. The van der Waals surface area contributed by atoms with Crippen molar-refractivity contribution in [1.29, 1.82) is 0 Å². The Balaban J connectivity index is 1.23. The summed E-state index contributed by atoms with van der Waals surface area (Å²) in [5, 5.41) is 9.66. The van der Waals surface area contributed by atoms with Crippen LogP contribution in [0.3, 0.4) is 0 Å². The first-order valence-corrected chi connectivity index (χ1v) is 11.4. The molecule has 3 aromatic rings. The number of rotatable bonds is 5. The van der Waals surface area contributed by atoms with Gasteiger partial charge in [0.05, 0.1) is 0 Å². The Hall–Kier alpha value is -4.01. The lowest BCUT2D eigenvalue weighted by molar-refractivity contribution is -0.141. The molecule has 2 aromatic carbocycles. The Morgan fingerprint density at radius 1 is 0.971 bits per heavy atom. The molecule has 5 rings (SSSR count). The predicted octanol–water partition coefficient (Wildman–Crippen LogP) is 2.72. The van der Waals surface area contributed by atoms with Gasteiger partial charge in [0, 0.05) is 50.3 Å². The van der Waals surface area contributed by atoms with Crippen LogP contribution < -0.4 is 4.90 Å². The Kier molecular flexibility index (Phi) is 6.07. The molecule has 2 amide bonds. The van der Waals surface area contributed by atoms with Crippen LogP contribution in [0.2, 0.25) is 0 Å². The number of amides is 2. The average molecular weight is 459 g/mol. The fourth-order valence-corrected chi connectivity index (χ4v) is 4.27. The predicted molar refractivity (Wildman–Crippen MR) is 127 cm³/mol. The number of hydrazone groups is 1. The molecular weight excluding hydrogens is 432 g/mol. The van der Waals surface area contributed by atoms with Crippen LogP contribution in [0.1, 0.15) is 24.3 Å². The van der Waals surface area contributed by atoms with Crippen LogP contribution >= 0.6 is 0 Å². The molecular formula is C25H26N6O3. The number of benzene rings is 2. The van der Waals surface area contributed by atoms with Crippen molar-refractivity contribution in [2.75, 3.05) is 37.6 Å². The topological polar surface area (TPSA) is 95.1 Å². The number of aromatic nitrogens is 2. The van der Waals surface area contributed by atoms with Crippen molar-refractivity contribution in [2.45, 2.75) is 19.8 Å². The van der Waals surface area contributed by atoms with Gasteiger partial charge in [-0.3, -0.25) is 9.59 Å². The molecule has 1 fully saturated rings. The van der Waals surface area contributed by atoms with Crippen LogP contribution in [0, 0.1) is 6.92 Å².